The Morgan fingerprint density at radius 3 is 2.59 bits per heavy atom. The van der Waals surface area contributed by atoms with Crippen LogP contribution in [-0.2, 0) is 16.0 Å². The normalized spacial score (nSPS) is 10.4. The van der Waals surface area contributed by atoms with Crippen LogP contribution >= 0.6 is 0 Å². The molecule has 1 N–H and O–H groups in total. The van der Waals surface area contributed by atoms with Gasteiger partial charge in [-0.2, -0.15) is 0 Å². The summed E-state index contributed by atoms with van der Waals surface area (Å²) in [6, 6.07) is 0.990. The molecule has 0 aliphatic heterocycles. The minimum atomic E-state index is -2.87. The molecule has 5 nitrogen and oxygen atoms in total. The van der Waals surface area contributed by atoms with Crippen LogP contribution in [-0.4, -0.2) is 25.2 Å². The number of pyridine rings is 1. The molecule has 0 amide bonds. The minimum Gasteiger partial charge on any atom is -0.482 e. The van der Waals surface area contributed by atoms with Crippen LogP contribution in [0.15, 0.2) is 10.9 Å². The number of halogens is 2. The van der Waals surface area contributed by atoms with Crippen molar-refractivity contribution in [3.8, 4) is 5.88 Å². The number of carbonyl (C=O) groups excluding carboxylic acids is 1. The molecule has 0 atom stereocenters. The molecule has 0 aliphatic rings. The summed E-state index contributed by atoms with van der Waals surface area (Å²) in [7, 11) is 2.35. The van der Waals surface area contributed by atoms with E-state index in [0.29, 0.717) is 0 Å². The summed E-state index contributed by atoms with van der Waals surface area (Å²) in [5.74, 6) is -0.846. The van der Waals surface area contributed by atoms with E-state index in [1.807, 2.05) is 0 Å². The van der Waals surface area contributed by atoms with Crippen molar-refractivity contribution in [1.82, 2.24) is 4.98 Å². The number of methoxy groups -OCH3 is 2. The van der Waals surface area contributed by atoms with Crippen molar-refractivity contribution in [2.24, 2.45) is 0 Å². The van der Waals surface area contributed by atoms with Crippen molar-refractivity contribution in [2.75, 3.05) is 14.2 Å². The first kappa shape index (κ1) is 13.1. The Morgan fingerprint density at radius 2 is 2.12 bits per heavy atom. The van der Waals surface area contributed by atoms with Gasteiger partial charge in [-0.1, -0.05) is 0 Å². The second kappa shape index (κ2) is 5.42. The zero-order valence-corrected chi connectivity index (χ0v) is 9.25. The summed E-state index contributed by atoms with van der Waals surface area (Å²) in [5.41, 5.74) is -1.63. The predicted octanol–water partition coefficient (Wildman–Crippen LogP) is 1.04. The molecule has 0 aliphatic carbocycles. The second-order valence-corrected chi connectivity index (χ2v) is 3.15. The topological polar surface area (TPSA) is 68.4 Å². The van der Waals surface area contributed by atoms with Gasteiger partial charge in [0.05, 0.1) is 20.6 Å². The maximum absolute atomic E-state index is 12.7. The zero-order valence-electron chi connectivity index (χ0n) is 9.25. The molecule has 7 heteroatoms. The summed E-state index contributed by atoms with van der Waals surface area (Å²) >= 11 is 0. The van der Waals surface area contributed by atoms with Crippen molar-refractivity contribution < 1.29 is 23.0 Å². The lowest BCUT2D eigenvalue weighted by Crippen LogP contribution is -2.20. The maximum Gasteiger partial charge on any atom is 0.310 e. The van der Waals surface area contributed by atoms with Crippen LogP contribution in [0.4, 0.5) is 8.78 Å². The molecule has 0 spiro atoms. The first-order valence-corrected chi connectivity index (χ1v) is 4.64. The summed E-state index contributed by atoms with van der Waals surface area (Å²) < 4.78 is 34.4. The number of nitrogens with one attached hydrogen (secondary N) is 1. The largest absolute Gasteiger partial charge is 0.482 e. The number of rotatable bonds is 4. The number of hydrogen-bond donors (Lipinski definition) is 1. The smallest absolute Gasteiger partial charge is 0.310 e. The van der Waals surface area contributed by atoms with Crippen molar-refractivity contribution in [3.05, 3.63) is 27.5 Å². The third-order valence-electron chi connectivity index (χ3n) is 2.15. The first-order chi connectivity index (χ1) is 7.99. The van der Waals surface area contributed by atoms with E-state index in [1.165, 1.54) is 7.11 Å². The highest BCUT2D eigenvalue weighted by atomic mass is 19.3. The van der Waals surface area contributed by atoms with E-state index in [2.05, 4.69) is 14.5 Å². The Morgan fingerprint density at radius 1 is 1.47 bits per heavy atom. The number of hydrogen-bond acceptors (Lipinski definition) is 4. The van der Waals surface area contributed by atoms with Crippen LogP contribution in [0.3, 0.4) is 0 Å². The third-order valence-corrected chi connectivity index (χ3v) is 2.15. The molecular weight excluding hydrogens is 236 g/mol. The number of aromatic amines is 1. The molecular formula is C10H11F2NO4. The van der Waals surface area contributed by atoms with E-state index in [0.717, 1.165) is 13.2 Å². The second-order valence-electron chi connectivity index (χ2n) is 3.15. The molecule has 1 aromatic heterocycles. The quantitative estimate of drug-likeness (QED) is 0.807. The monoisotopic (exact) mass is 247 g/mol. The fourth-order valence-corrected chi connectivity index (χ4v) is 1.29. The van der Waals surface area contributed by atoms with Gasteiger partial charge in [-0.3, -0.25) is 14.6 Å². The standard InChI is InChI=1S/C10H11F2NO4/c1-16-7-3-5(9(11)12)6(10(15)13-7)4-8(14)17-2/h3,9H,4H2,1-2H3,(H,13,15). The number of alkyl halides is 2. The molecule has 0 radical (unpaired) electrons. The molecule has 94 valence electrons. The fraction of sp³-hybridized carbons (Fsp3) is 0.400. The van der Waals surface area contributed by atoms with Crippen molar-refractivity contribution in [1.29, 1.82) is 0 Å². The molecule has 0 aromatic carbocycles. The average molecular weight is 247 g/mol. The Balaban J connectivity index is 3.27. The van der Waals surface area contributed by atoms with Crippen LogP contribution in [0, 0.1) is 0 Å². The van der Waals surface area contributed by atoms with Crippen LogP contribution in [0.2, 0.25) is 0 Å². The molecule has 17 heavy (non-hydrogen) atoms. The highest BCUT2D eigenvalue weighted by Crippen LogP contribution is 2.23. The van der Waals surface area contributed by atoms with Crippen molar-refractivity contribution in [2.45, 2.75) is 12.8 Å². The van der Waals surface area contributed by atoms with Crippen LogP contribution < -0.4 is 10.3 Å². The Bertz CT molecular complexity index is 470. The summed E-state index contributed by atoms with van der Waals surface area (Å²) in [4.78, 5) is 24.7. The Kier molecular flexibility index (Phi) is 4.19. The lowest BCUT2D eigenvalue weighted by atomic mass is 10.1. The highest BCUT2D eigenvalue weighted by Gasteiger charge is 2.20. The van der Waals surface area contributed by atoms with Gasteiger partial charge in [0.25, 0.3) is 12.0 Å². The number of H-pyrrole nitrogens is 1. The molecule has 1 aromatic rings. The molecule has 0 saturated heterocycles. The number of ether oxygens (including phenoxy) is 2. The zero-order chi connectivity index (χ0) is 13.0. The molecule has 0 bridgehead atoms. The predicted molar refractivity (Wildman–Crippen MR) is 54.3 cm³/mol. The van der Waals surface area contributed by atoms with Gasteiger partial charge in [0.15, 0.2) is 5.88 Å². The number of esters is 1. The van der Waals surface area contributed by atoms with Crippen LogP contribution in [0.5, 0.6) is 5.88 Å². The van der Waals surface area contributed by atoms with Gasteiger partial charge in [-0.15, -0.1) is 0 Å². The van der Waals surface area contributed by atoms with Gasteiger partial charge in [0, 0.05) is 17.2 Å². The first-order valence-electron chi connectivity index (χ1n) is 4.64. The molecule has 0 fully saturated rings. The minimum absolute atomic E-state index is 0.0843. The van der Waals surface area contributed by atoms with Gasteiger partial charge in [0.1, 0.15) is 0 Å². The van der Waals surface area contributed by atoms with E-state index >= 15 is 0 Å². The van der Waals surface area contributed by atoms with E-state index in [4.69, 9.17) is 0 Å². The van der Waals surface area contributed by atoms with Gasteiger partial charge >= 0.3 is 5.97 Å². The maximum atomic E-state index is 12.7. The molecule has 1 rings (SSSR count). The Hall–Kier alpha value is -1.92. The molecule has 1 heterocycles. The van der Waals surface area contributed by atoms with E-state index in [-0.39, 0.29) is 11.4 Å². The lowest BCUT2D eigenvalue weighted by molar-refractivity contribution is -0.139. The van der Waals surface area contributed by atoms with Crippen LogP contribution in [0.25, 0.3) is 0 Å². The van der Waals surface area contributed by atoms with E-state index in [9.17, 15) is 18.4 Å². The van der Waals surface area contributed by atoms with Gasteiger partial charge in [-0.25, -0.2) is 8.78 Å². The summed E-state index contributed by atoms with van der Waals surface area (Å²) in [5, 5.41) is 0. The van der Waals surface area contributed by atoms with Gasteiger partial charge in [-0.05, 0) is 0 Å². The highest BCUT2D eigenvalue weighted by molar-refractivity contribution is 5.72. The summed E-state index contributed by atoms with van der Waals surface area (Å²) in [6.07, 6.45) is -3.37. The molecule has 0 saturated carbocycles. The van der Waals surface area contributed by atoms with Crippen LogP contribution in [0.1, 0.15) is 17.6 Å². The SMILES string of the molecule is COC(=O)Cc1c(C(F)F)cc(OC)[nH]c1=O. The van der Waals surface area contributed by atoms with Crippen molar-refractivity contribution in [3.63, 3.8) is 0 Å². The third kappa shape index (κ3) is 3.02. The number of carbonyl (C=O) groups is 1. The fourth-order valence-electron chi connectivity index (χ4n) is 1.29. The van der Waals surface area contributed by atoms with Gasteiger partial charge < -0.3 is 9.47 Å². The van der Waals surface area contributed by atoms with Gasteiger partial charge in [0.2, 0.25) is 0 Å². The molecule has 0 unspecified atom stereocenters. The van der Waals surface area contributed by atoms with E-state index in [1.54, 1.807) is 0 Å². The Labute approximate surface area is 95.4 Å². The summed E-state index contributed by atoms with van der Waals surface area (Å²) in [6.45, 7) is 0. The number of aromatic nitrogens is 1. The average Bonchev–Trinajstić information content (AvgIpc) is 2.30. The lowest BCUT2D eigenvalue weighted by Gasteiger charge is -2.09. The van der Waals surface area contributed by atoms with E-state index < -0.39 is 29.9 Å². The van der Waals surface area contributed by atoms with Crippen molar-refractivity contribution >= 4 is 5.97 Å².